The highest BCUT2D eigenvalue weighted by molar-refractivity contribution is 6.32. The molecule has 1 amide bonds. The van der Waals surface area contributed by atoms with Gasteiger partial charge in [-0.05, 0) is 17.7 Å². The Morgan fingerprint density at radius 1 is 1.47 bits per heavy atom. The van der Waals surface area contributed by atoms with E-state index < -0.39 is 6.10 Å². The molecule has 1 aromatic rings. The van der Waals surface area contributed by atoms with E-state index in [1.54, 1.807) is 24.3 Å². The zero-order valence-electron chi connectivity index (χ0n) is 9.14. The molecule has 0 unspecified atom stereocenters. The van der Waals surface area contributed by atoms with Crippen molar-refractivity contribution in [1.29, 1.82) is 0 Å². The van der Waals surface area contributed by atoms with Gasteiger partial charge >= 0.3 is 0 Å². The standard InChI is InChI=1S/C12H14ClNO3/c13-11-4-2-1-3-9(11)5-6-12(17)14-7-10(16)8-15/h1-6,10,15-16H,7-8H2,(H,14,17)/b6-5+/t10-/m0/s1. The lowest BCUT2D eigenvalue weighted by atomic mass is 10.2. The smallest absolute Gasteiger partial charge is 0.244 e. The Balaban J connectivity index is 2.49. The first-order valence-corrected chi connectivity index (χ1v) is 5.50. The van der Waals surface area contributed by atoms with Crippen LogP contribution in [0.15, 0.2) is 30.3 Å². The van der Waals surface area contributed by atoms with Crippen molar-refractivity contribution >= 4 is 23.6 Å². The van der Waals surface area contributed by atoms with E-state index in [9.17, 15) is 4.79 Å². The number of carbonyl (C=O) groups is 1. The summed E-state index contributed by atoms with van der Waals surface area (Å²) in [7, 11) is 0. The van der Waals surface area contributed by atoms with Crippen LogP contribution >= 0.6 is 11.6 Å². The Kier molecular flexibility index (Phi) is 5.69. The van der Waals surface area contributed by atoms with Crippen LogP contribution in [0.3, 0.4) is 0 Å². The summed E-state index contributed by atoms with van der Waals surface area (Å²) in [5, 5.41) is 20.6. The van der Waals surface area contributed by atoms with Gasteiger partial charge in [-0.3, -0.25) is 4.79 Å². The third-order valence-electron chi connectivity index (χ3n) is 2.04. The molecule has 0 heterocycles. The fraction of sp³-hybridized carbons (Fsp3) is 0.250. The Labute approximate surface area is 105 Å². The van der Waals surface area contributed by atoms with Crippen molar-refractivity contribution in [3.63, 3.8) is 0 Å². The Bertz CT molecular complexity index is 406. The normalized spacial score (nSPS) is 12.6. The maximum absolute atomic E-state index is 11.3. The third kappa shape index (κ3) is 4.99. The van der Waals surface area contributed by atoms with Gasteiger partial charge < -0.3 is 15.5 Å². The number of aliphatic hydroxyl groups excluding tert-OH is 2. The summed E-state index contributed by atoms with van der Waals surface area (Å²) in [4.78, 5) is 11.3. The monoisotopic (exact) mass is 255 g/mol. The highest BCUT2D eigenvalue weighted by Crippen LogP contribution is 2.15. The number of nitrogens with one attached hydrogen (secondary N) is 1. The molecular weight excluding hydrogens is 242 g/mol. The van der Waals surface area contributed by atoms with E-state index in [4.69, 9.17) is 21.8 Å². The molecule has 1 rings (SSSR count). The number of amides is 1. The molecule has 3 N–H and O–H groups in total. The molecule has 5 heteroatoms. The molecule has 0 spiro atoms. The molecular formula is C12H14ClNO3. The summed E-state index contributed by atoms with van der Waals surface area (Å²) in [6.07, 6.45) is 1.97. The number of hydrogen-bond donors (Lipinski definition) is 3. The number of rotatable bonds is 5. The van der Waals surface area contributed by atoms with Crippen molar-refractivity contribution in [2.45, 2.75) is 6.10 Å². The molecule has 1 aromatic carbocycles. The van der Waals surface area contributed by atoms with Crippen LogP contribution in [0, 0.1) is 0 Å². The first-order valence-electron chi connectivity index (χ1n) is 5.13. The highest BCUT2D eigenvalue weighted by atomic mass is 35.5. The Hall–Kier alpha value is -1.36. The van der Waals surface area contributed by atoms with Crippen LogP contribution in [0.2, 0.25) is 5.02 Å². The maximum Gasteiger partial charge on any atom is 0.244 e. The first-order chi connectivity index (χ1) is 8.13. The summed E-state index contributed by atoms with van der Waals surface area (Å²) in [6, 6.07) is 7.14. The summed E-state index contributed by atoms with van der Waals surface area (Å²) in [5.74, 6) is -0.350. The highest BCUT2D eigenvalue weighted by Gasteiger charge is 2.03. The van der Waals surface area contributed by atoms with Gasteiger partial charge in [0.2, 0.25) is 5.91 Å². The lowest BCUT2D eigenvalue weighted by Crippen LogP contribution is -2.32. The summed E-state index contributed by atoms with van der Waals surface area (Å²) in [5.41, 5.74) is 0.743. The zero-order valence-corrected chi connectivity index (χ0v) is 9.89. The molecule has 0 saturated heterocycles. The molecule has 17 heavy (non-hydrogen) atoms. The topological polar surface area (TPSA) is 69.6 Å². The molecule has 0 aliphatic carbocycles. The van der Waals surface area contributed by atoms with Crippen molar-refractivity contribution in [3.8, 4) is 0 Å². The number of benzene rings is 1. The van der Waals surface area contributed by atoms with E-state index in [1.807, 2.05) is 6.07 Å². The first kappa shape index (κ1) is 13.7. The van der Waals surface area contributed by atoms with E-state index in [2.05, 4.69) is 5.32 Å². The zero-order chi connectivity index (χ0) is 12.7. The van der Waals surface area contributed by atoms with Gasteiger partial charge in [-0.15, -0.1) is 0 Å². The fourth-order valence-electron chi connectivity index (χ4n) is 1.12. The lowest BCUT2D eigenvalue weighted by Gasteiger charge is -2.06. The van der Waals surface area contributed by atoms with Gasteiger partial charge in [0, 0.05) is 17.6 Å². The van der Waals surface area contributed by atoms with Crippen molar-refractivity contribution in [1.82, 2.24) is 5.32 Å². The molecule has 0 radical (unpaired) electrons. The van der Waals surface area contributed by atoms with Gasteiger partial charge in [0.1, 0.15) is 0 Å². The summed E-state index contributed by atoms with van der Waals surface area (Å²) < 4.78 is 0. The quantitative estimate of drug-likeness (QED) is 0.683. The van der Waals surface area contributed by atoms with Gasteiger partial charge in [-0.25, -0.2) is 0 Å². The van der Waals surface area contributed by atoms with E-state index in [-0.39, 0.29) is 19.1 Å². The molecule has 0 aliphatic rings. The predicted octanol–water partition coefficient (Wildman–Crippen LogP) is 0.823. The molecule has 4 nitrogen and oxygen atoms in total. The minimum Gasteiger partial charge on any atom is -0.394 e. The molecule has 0 aromatic heterocycles. The van der Waals surface area contributed by atoms with E-state index in [0.717, 1.165) is 5.56 Å². The summed E-state index contributed by atoms with van der Waals surface area (Å²) in [6.45, 7) is -0.364. The minimum absolute atomic E-state index is 0.0161. The fourth-order valence-corrected chi connectivity index (χ4v) is 1.32. The number of halogens is 1. The number of carbonyl (C=O) groups excluding carboxylic acids is 1. The molecule has 0 fully saturated rings. The minimum atomic E-state index is -0.937. The lowest BCUT2D eigenvalue weighted by molar-refractivity contribution is -0.117. The Morgan fingerprint density at radius 3 is 2.82 bits per heavy atom. The van der Waals surface area contributed by atoms with Crippen LogP contribution < -0.4 is 5.32 Å². The van der Waals surface area contributed by atoms with Crippen LogP contribution in [0.4, 0.5) is 0 Å². The predicted molar refractivity (Wildman–Crippen MR) is 66.6 cm³/mol. The van der Waals surface area contributed by atoms with Crippen molar-refractivity contribution in [2.24, 2.45) is 0 Å². The van der Waals surface area contributed by atoms with Gasteiger partial charge in [0.25, 0.3) is 0 Å². The van der Waals surface area contributed by atoms with Crippen molar-refractivity contribution in [3.05, 3.63) is 40.9 Å². The van der Waals surface area contributed by atoms with E-state index in [0.29, 0.717) is 5.02 Å². The Morgan fingerprint density at radius 2 is 2.18 bits per heavy atom. The second-order valence-electron chi connectivity index (χ2n) is 3.44. The third-order valence-corrected chi connectivity index (χ3v) is 2.39. The SMILES string of the molecule is O=C(/C=C/c1ccccc1Cl)NC[C@H](O)CO. The maximum atomic E-state index is 11.3. The van der Waals surface area contributed by atoms with Crippen molar-refractivity contribution < 1.29 is 15.0 Å². The molecule has 1 atom stereocenters. The number of aliphatic hydroxyl groups is 2. The van der Waals surface area contributed by atoms with Gasteiger partial charge in [0.15, 0.2) is 0 Å². The molecule has 0 bridgehead atoms. The van der Waals surface area contributed by atoms with Crippen molar-refractivity contribution in [2.75, 3.05) is 13.2 Å². The van der Waals surface area contributed by atoms with Crippen LogP contribution in [-0.2, 0) is 4.79 Å². The molecule has 0 aliphatic heterocycles. The van der Waals surface area contributed by atoms with Crippen LogP contribution in [0.25, 0.3) is 6.08 Å². The molecule has 92 valence electrons. The average Bonchev–Trinajstić information content (AvgIpc) is 2.35. The van der Waals surface area contributed by atoms with Crippen LogP contribution in [0.5, 0.6) is 0 Å². The van der Waals surface area contributed by atoms with Crippen LogP contribution in [-0.4, -0.2) is 35.4 Å². The van der Waals surface area contributed by atoms with Gasteiger partial charge in [0.05, 0.1) is 12.7 Å². The number of hydrogen-bond acceptors (Lipinski definition) is 3. The second kappa shape index (κ2) is 7.06. The van der Waals surface area contributed by atoms with Crippen LogP contribution in [0.1, 0.15) is 5.56 Å². The van der Waals surface area contributed by atoms with Gasteiger partial charge in [-0.2, -0.15) is 0 Å². The van der Waals surface area contributed by atoms with E-state index in [1.165, 1.54) is 6.08 Å². The van der Waals surface area contributed by atoms with Gasteiger partial charge in [-0.1, -0.05) is 29.8 Å². The second-order valence-corrected chi connectivity index (χ2v) is 3.84. The largest absolute Gasteiger partial charge is 0.394 e. The average molecular weight is 256 g/mol. The van der Waals surface area contributed by atoms with E-state index >= 15 is 0 Å². The molecule has 0 saturated carbocycles. The summed E-state index contributed by atoms with van der Waals surface area (Å²) >= 11 is 5.90.